The Balaban J connectivity index is 1.84. The van der Waals surface area contributed by atoms with Crippen molar-refractivity contribution < 1.29 is 4.79 Å². The molecule has 0 unspecified atom stereocenters. The predicted molar refractivity (Wildman–Crippen MR) is 74.9 cm³/mol. The molecule has 0 saturated heterocycles. The first-order valence-corrected chi connectivity index (χ1v) is 6.66. The molecule has 3 nitrogen and oxygen atoms in total. The molecule has 1 saturated carbocycles. The van der Waals surface area contributed by atoms with Gasteiger partial charge in [0.05, 0.1) is 17.3 Å². The minimum Gasteiger partial charge on any atom is -0.324 e. The Morgan fingerprint density at radius 1 is 1.39 bits per heavy atom. The molecule has 0 radical (unpaired) electrons. The summed E-state index contributed by atoms with van der Waals surface area (Å²) in [6.45, 7) is 4.61. The number of nitrogens with one attached hydrogen (secondary N) is 2. The van der Waals surface area contributed by atoms with Crippen LogP contribution in [0.4, 0.5) is 5.69 Å². The monoisotopic (exact) mass is 266 g/mol. The van der Waals surface area contributed by atoms with Crippen molar-refractivity contribution in [3.05, 3.63) is 29.3 Å². The van der Waals surface area contributed by atoms with E-state index in [2.05, 4.69) is 24.5 Å². The highest BCUT2D eigenvalue weighted by atomic mass is 35.5. The average Bonchev–Trinajstić information content (AvgIpc) is 3.14. The molecule has 1 amide bonds. The molecule has 1 aliphatic rings. The van der Waals surface area contributed by atoms with Crippen LogP contribution in [0.5, 0.6) is 0 Å². The smallest absolute Gasteiger partial charge is 0.238 e. The van der Waals surface area contributed by atoms with Crippen molar-refractivity contribution >= 4 is 23.2 Å². The highest BCUT2D eigenvalue weighted by molar-refractivity contribution is 6.33. The highest BCUT2D eigenvalue weighted by Crippen LogP contribution is 2.39. The van der Waals surface area contributed by atoms with Crippen molar-refractivity contribution in [2.75, 3.05) is 11.9 Å². The number of para-hydroxylation sites is 1. The number of carbonyl (C=O) groups is 1. The minimum atomic E-state index is -0.0585. The molecule has 98 valence electrons. The van der Waals surface area contributed by atoms with Gasteiger partial charge in [0.15, 0.2) is 0 Å². The van der Waals surface area contributed by atoms with Gasteiger partial charge in [-0.25, -0.2) is 0 Å². The van der Waals surface area contributed by atoms with Crippen LogP contribution < -0.4 is 10.6 Å². The summed E-state index contributed by atoms with van der Waals surface area (Å²) in [7, 11) is 0. The standard InChI is InChI=1S/C14H19ClN2O/c1-14(2,10-7-8-10)16-9-13(18)17-12-6-4-3-5-11(12)15/h3-6,10,16H,7-9H2,1-2H3,(H,17,18). The van der Waals surface area contributed by atoms with Gasteiger partial charge in [0.2, 0.25) is 5.91 Å². The Labute approximate surface area is 113 Å². The van der Waals surface area contributed by atoms with Gasteiger partial charge in [0, 0.05) is 5.54 Å². The fourth-order valence-corrected chi connectivity index (χ4v) is 2.20. The third-order valence-corrected chi connectivity index (χ3v) is 3.78. The van der Waals surface area contributed by atoms with Crippen molar-refractivity contribution in [2.45, 2.75) is 32.2 Å². The SMILES string of the molecule is CC(C)(NCC(=O)Nc1ccccc1Cl)C1CC1. The second kappa shape index (κ2) is 5.29. The van der Waals surface area contributed by atoms with Crippen LogP contribution in [0.3, 0.4) is 0 Å². The Hall–Kier alpha value is -1.06. The van der Waals surface area contributed by atoms with Crippen LogP contribution in [-0.2, 0) is 4.79 Å². The van der Waals surface area contributed by atoms with Crippen molar-refractivity contribution in [3.8, 4) is 0 Å². The van der Waals surface area contributed by atoms with Gasteiger partial charge in [-0.1, -0.05) is 23.7 Å². The summed E-state index contributed by atoms with van der Waals surface area (Å²) >= 11 is 5.98. The number of hydrogen-bond donors (Lipinski definition) is 2. The molecular formula is C14H19ClN2O. The maximum absolute atomic E-state index is 11.8. The van der Waals surface area contributed by atoms with Crippen molar-refractivity contribution in [1.29, 1.82) is 0 Å². The second-order valence-corrected chi connectivity index (χ2v) is 5.78. The number of anilines is 1. The number of amides is 1. The summed E-state index contributed by atoms with van der Waals surface area (Å²) in [4.78, 5) is 11.8. The third kappa shape index (κ3) is 3.47. The van der Waals surface area contributed by atoms with E-state index >= 15 is 0 Å². The fraction of sp³-hybridized carbons (Fsp3) is 0.500. The summed E-state index contributed by atoms with van der Waals surface area (Å²) in [5.41, 5.74) is 0.702. The molecule has 1 fully saturated rings. The number of halogens is 1. The van der Waals surface area contributed by atoms with E-state index in [1.807, 2.05) is 12.1 Å². The van der Waals surface area contributed by atoms with Gasteiger partial charge in [-0.15, -0.1) is 0 Å². The molecule has 2 N–H and O–H groups in total. The zero-order valence-electron chi connectivity index (χ0n) is 10.8. The first-order valence-electron chi connectivity index (χ1n) is 6.28. The maximum atomic E-state index is 11.8. The van der Waals surface area contributed by atoms with E-state index in [0.29, 0.717) is 23.2 Å². The number of hydrogen-bond acceptors (Lipinski definition) is 2. The summed E-state index contributed by atoms with van der Waals surface area (Å²) in [5.74, 6) is 0.641. The summed E-state index contributed by atoms with van der Waals surface area (Å²) < 4.78 is 0. The summed E-state index contributed by atoms with van der Waals surface area (Å²) in [6, 6.07) is 7.25. The lowest BCUT2D eigenvalue weighted by atomic mass is 9.99. The largest absolute Gasteiger partial charge is 0.324 e. The van der Waals surface area contributed by atoms with E-state index in [9.17, 15) is 4.79 Å². The van der Waals surface area contributed by atoms with Gasteiger partial charge in [-0.05, 0) is 44.7 Å². The van der Waals surface area contributed by atoms with Crippen molar-refractivity contribution in [1.82, 2.24) is 5.32 Å². The van der Waals surface area contributed by atoms with E-state index in [4.69, 9.17) is 11.6 Å². The first-order chi connectivity index (χ1) is 8.49. The van der Waals surface area contributed by atoms with E-state index in [1.54, 1.807) is 12.1 Å². The van der Waals surface area contributed by atoms with E-state index in [1.165, 1.54) is 12.8 Å². The molecule has 18 heavy (non-hydrogen) atoms. The molecule has 1 aliphatic carbocycles. The molecule has 0 aliphatic heterocycles. The van der Waals surface area contributed by atoms with Gasteiger partial charge in [-0.3, -0.25) is 4.79 Å². The first kappa shape index (κ1) is 13.4. The van der Waals surface area contributed by atoms with Crippen molar-refractivity contribution in [2.24, 2.45) is 5.92 Å². The van der Waals surface area contributed by atoms with Crippen LogP contribution in [0.1, 0.15) is 26.7 Å². The highest BCUT2D eigenvalue weighted by Gasteiger charge is 2.37. The number of benzene rings is 1. The lowest BCUT2D eigenvalue weighted by molar-refractivity contribution is -0.115. The Morgan fingerprint density at radius 2 is 2.06 bits per heavy atom. The van der Waals surface area contributed by atoms with Crippen molar-refractivity contribution in [3.63, 3.8) is 0 Å². The quantitative estimate of drug-likeness (QED) is 0.860. The van der Waals surface area contributed by atoms with Crippen LogP contribution in [-0.4, -0.2) is 18.0 Å². The number of rotatable bonds is 5. The lowest BCUT2D eigenvalue weighted by Gasteiger charge is -2.25. The van der Waals surface area contributed by atoms with Crippen LogP contribution in [0.25, 0.3) is 0 Å². The molecule has 0 bridgehead atoms. The third-order valence-electron chi connectivity index (χ3n) is 3.45. The van der Waals surface area contributed by atoms with Crippen LogP contribution in [0.2, 0.25) is 5.02 Å². The average molecular weight is 267 g/mol. The predicted octanol–water partition coefficient (Wildman–Crippen LogP) is 3.06. The Bertz CT molecular complexity index is 441. The van der Waals surface area contributed by atoms with E-state index < -0.39 is 0 Å². The molecule has 1 aromatic rings. The Kier molecular flexibility index (Phi) is 3.93. The summed E-state index contributed by atoms with van der Waals surface area (Å²) in [6.07, 6.45) is 2.51. The summed E-state index contributed by atoms with van der Waals surface area (Å²) in [5, 5.41) is 6.68. The number of carbonyl (C=O) groups excluding carboxylic acids is 1. The lowest BCUT2D eigenvalue weighted by Crippen LogP contribution is -2.45. The minimum absolute atomic E-state index is 0.0395. The molecule has 0 atom stereocenters. The molecule has 0 aromatic heterocycles. The van der Waals surface area contributed by atoms with Gasteiger partial charge < -0.3 is 10.6 Å². The van der Waals surface area contributed by atoms with Crippen LogP contribution in [0.15, 0.2) is 24.3 Å². The maximum Gasteiger partial charge on any atom is 0.238 e. The van der Waals surface area contributed by atoms with E-state index in [-0.39, 0.29) is 11.4 Å². The van der Waals surface area contributed by atoms with Gasteiger partial charge in [0.1, 0.15) is 0 Å². The topological polar surface area (TPSA) is 41.1 Å². The zero-order valence-corrected chi connectivity index (χ0v) is 11.6. The molecule has 2 rings (SSSR count). The fourth-order valence-electron chi connectivity index (χ4n) is 2.01. The zero-order chi connectivity index (χ0) is 13.2. The molecule has 4 heteroatoms. The molecule has 0 spiro atoms. The van der Waals surface area contributed by atoms with E-state index in [0.717, 1.165) is 0 Å². The molecule has 0 heterocycles. The normalized spacial score (nSPS) is 15.5. The van der Waals surface area contributed by atoms with Crippen LogP contribution >= 0.6 is 11.6 Å². The van der Waals surface area contributed by atoms with Gasteiger partial charge >= 0.3 is 0 Å². The molecular weight excluding hydrogens is 248 g/mol. The Morgan fingerprint density at radius 3 is 2.67 bits per heavy atom. The van der Waals surface area contributed by atoms with Gasteiger partial charge in [0.25, 0.3) is 0 Å². The molecule has 1 aromatic carbocycles. The van der Waals surface area contributed by atoms with Gasteiger partial charge in [-0.2, -0.15) is 0 Å². The van der Waals surface area contributed by atoms with Crippen LogP contribution in [0, 0.1) is 5.92 Å². The second-order valence-electron chi connectivity index (χ2n) is 5.38.